The Kier molecular flexibility index (Phi) is 5.49. The number of rotatable bonds is 8. The maximum atomic E-state index is 12.1. The Labute approximate surface area is 143 Å². The van der Waals surface area contributed by atoms with Gasteiger partial charge in [-0.15, -0.1) is 0 Å². The van der Waals surface area contributed by atoms with E-state index in [1.165, 1.54) is 12.8 Å². The minimum Gasteiger partial charge on any atom is -0.489 e. The van der Waals surface area contributed by atoms with Crippen LogP contribution in [0, 0.1) is 12.8 Å². The lowest BCUT2D eigenvalue weighted by Crippen LogP contribution is -2.29. The summed E-state index contributed by atoms with van der Waals surface area (Å²) in [5.74, 6) is 1.62. The number of amides is 1. The first-order valence-corrected chi connectivity index (χ1v) is 8.49. The van der Waals surface area contributed by atoms with Crippen molar-refractivity contribution >= 4 is 11.6 Å². The number of hydrogen-bond acceptors (Lipinski definition) is 3. The van der Waals surface area contributed by atoms with Crippen LogP contribution in [0.15, 0.2) is 48.5 Å². The molecule has 1 amide bonds. The summed E-state index contributed by atoms with van der Waals surface area (Å²) in [7, 11) is 0. The molecule has 0 aliphatic heterocycles. The number of benzene rings is 2. The van der Waals surface area contributed by atoms with Crippen molar-refractivity contribution in [1.29, 1.82) is 0 Å². The third-order valence-corrected chi connectivity index (χ3v) is 4.27. The van der Waals surface area contributed by atoms with Crippen LogP contribution in [0.4, 0.5) is 5.69 Å². The second kappa shape index (κ2) is 7.97. The number of carbonyl (C=O) groups excluding carboxylic acids is 1. The van der Waals surface area contributed by atoms with Gasteiger partial charge in [0.1, 0.15) is 12.4 Å². The number of para-hydroxylation sites is 1. The summed E-state index contributed by atoms with van der Waals surface area (Å²) in [6.45, 7) is 3.80. The zero-order valence-electron chi connectivity index (χ0n) is 14.0. The van der Waals surface area contributed by atoms with Gasteiger partial charge < -0.3 is 15.4 Å². The summed E-state index contributed by atoms with van der Waals surface area (Å²) in [5, 5.41) is 6.20. The highest BCUT2D eigenvalue weighted by Crippen LogP contribution is 2.27. The molecular formula is C20H24N2O2. The van der Waals surface area contributed by atoms with Crippen molar-refractivity contribution in [2.45, 2.75) is 26.4 Å². The second-order valence-electron chi connectivity index (χ2n) is 6.31. The Morgan fingerprint density at radius 3 is 2.67 bits per heavy atom. The standard InChI is InChI=1S/C20H24N2O2/c1-15-17(14-24-18-7-3-2-4-8-18)6-5-9-19(15)22-20(23)13-21-12-16-10-11-16/h2-9,16,21H,10-14H2,1H3,(H,22,23). The summed E-state index contributed by atoms with van der Waals surface area (Å²) >= 11 is 0. The molecule has 1 fully saturated rings. The van der Waals surface area contributed by atoms with Gasteiger partial charge >= 0.3 is 0 Å². The molecule has 0 radical (unpaired) electrons. The molecule has 4 nitrogen and oxygen atoms in total. The quantitative estimate of drug-likeness (QED) is 0.781. The molecule has 1 saturated carbocycles. The van der Waals surface area contributed by atoms with Gasteiger partial charge in [-0.2, -0.15) is 0 Å². The van der Waals surface area contributed by atoms with Crippen LogP contribution < -0.4 is 15.4 Å². The van der Waals surface area contributed by atoms with E-state index in [2.05, 4.69) is 10.6 Å². The zero-order chi connectivity index (χ0) is 16.8. The lowest BCUT2D eigenvalue weighted by Gasteiger charge is -2.13. The minimum atomic E-state index is -0.000113. The molecule has 1 aliphatic rings. The van der Waals surface area contributed by atoms with Crippen molar-refractivity contribution in [3.8, 4) is 5.75 Å². The van der Waals surface area contributed by atoms with E-state index < -0.39 is 0 Å². The number of hydrogen-bond donors (Lipinski definition) is 2. The van der Waals surface area contributed by atoms with Crippen LogP contribution >= 0.6 is 0 Å². The highest BCUT2D eigenvalue weighted by molar-refractivity contribution is 5.93. The third-order valence-electron chi connectivity index (χ3n) is 4.27. The van der Waals surface area contributed by atoms with Crippen LogP contribution in [0.5, 0.6) is 5.75 Å². The van der Waals surface area contributed by atoms with Gasteiger partial charge in [-0.05, 0) is 61.6 Å². The first-order chi connectivity index (χ1) is 11.7. The molecule has 3 rings (SSSR count). The summed E-state index contributed by atoms with van der Waals surface area (Å²) in [4.78, 5) is 12.1. The molecule has 0 atom stereocenters. The highest BCUT2D eigenvalue weighted by atomic mass is 16.5. The van der Waals surface area contributed by atoms with Gasteiger partial charge in [-0.1, -0.05) is 30.3 Å². The van der Waals surface area contributed by atoms with Crippen molar-refractivity contribution in [3.05, 3.63) is 59.7 Å². The van der Waals surface area contributed by atoms with E-state index >= 15 is 0 Å². The van der Waals surface area contributed by atoms with Crippen LogP contribution in [0.2, 0.25) is 0 Å². The molecule has 126 valence electrons. The fourth-order valence-corrected chi connectivity index (χ4v) is 2.56. The topological polar surface area (TPSA) is 50.4 Å². The van der Waals surface area contributed by atoms with E-state index in [-0.39, 0.29) is 5.91 Å². The van der Waals surface area contributed by atoms with E-state index in [1.807, 2.05) is 55.5 Å². The molecule has 2 N–H and O–H groups in total. The monoisotopic (exact) mass is 324 g/mol. The van der Waals surface area contributed by atoms with E-state index in [0.717, 1.165) is 35.0 Å². The van der Waals surface area contributed by atoms with Crippen LogP contribution in [0.25, 0.3) is 0 Å². The SMILES string of the molecule is Cc1c(COc2ccccc2)cccc1NC(=O)CNCC1CC1. The summed E-state index contributed by atoms with van der Waals surface area (Å²) in [6, 6.07) is 15.6. The number of anilines is 1. The molecule has 2 aromatic carbocycles. The van der Waals surface area contributed by atoms with E-state index in [4.69, 9.17) is 4.74 Å². The fraction of sp³-hybridized carbons (Fsp3) is 0.350. The van der Waals surface area contributed by atoms with Crippen molar-refractivity contribution in [2.24, 2.45) is 5.92 Å². The van der Waals surface area contributed by atoms with Gasteiger partial charge in [0.05, 0.1) is 6.54 Å². The molecule has 0 unspecified atom stereocenters. The van der Waals surface area contributed by atoms with Gasteiger partial charge in [0.2, 0.25) is 5.91 Å². The van der Waals surface area contributed by atoms with Gasteiger partial charge in [-0.25, -0.2) is 0 Å². The fourth-order valence-electron chi connectivity index (χ4n) is 2.56. The molecule has 2 aromatic rings. The maximum Gasteiger partial charge on any atom is 0.238 e. The van der Waals surface area contributed by atoms with Gasteiger partial charge in [0.15, 0.2) is 0 Å². The maximum absolute atomic E-state index is 12.1. The number of nitrogens with one attached hydrogen (secondary N) is 2. The van der Waals surface area contributed by atoms with Crippen LogP contribution in [-0.2, 0) is 11.4 Å². The smallest absolute Gasteiger partial charge is 0.238 e. The van der Waals surface area contributed by atoms with Crippen molar-refractivity contribution in [2.75, 3.05) is 18.4 Å². The van der Waals surface area contributed by atoms with E-state index in [1.54, 1.807) is 0 Å². The van der Waals surface area contributed by atoms with Gasteiger partial charge in [0.25, 0.3) is 0 Å². The van der Waals surface area contributed by atoms with Gasteiger partial charge in [0, 0.05) is 5.69 Å². The van der Waals surface area contributed by atoms with Crippen molar-refractivity contribution < 1.29 is 9.53 Å². The predicted octanol–water partition coefficient (Wildman–Crippen LogP) is 3.51. The predicted molar refractivity (Wildman–Crippen MR) is 96.2 cm³/mol. The lowest BCUT2D eigenvalue weighted by atomic mass is 10.1. The van der Waals surface area contributed by atoms with E-state index in [9.17, 15) is 4.79 Å². The number of ether oxygens (including phenoxy) is 1. The van der Waals surface area contributed by atoms with Crippen LogP contribution in [-0.4, -0.2) is 19.0 Å². The molecule has 4 heteroatoms. The molecule has 0 aromatic heterocycles. The Hall–Kier alpha value is -2.33. The largest absolute Gasteiger partial charge is 0.489 e. The average Bonchev–Trinajstić information content (AvgIpc) is 3.41. The molecule has 0 bridgehead atoms. The summed E-state index contributed by atoms with van der Waals surface area (Å²) < 4.78 is 5.81. The normalized spacial score (nSPS) is 13.5. The average molecular weight is 324 g/mol. The minimum absolute atomic E-state index is 0.000113. The first kappa shape index (κ1) is 16.5. The molecule has 0 spiro atoms. The lowest BCUT2D eigenvalue weighted by molar-refractivity contribution is -0.115. The molecule has 0 saturated heterocycles. The van der Waals surface area contributed by atoms with E-state index in [0.29, 0.717) is 13.2 Å². The second-order valence-corrected chi connectivity index (χ2v) is 6.31. The Morgan fingerprint density at radius 1 is 1.12 bits per heavy atom. The Morgan fingerprint density at radius 2 is 1.92 bits per heavy atom. The molecular weight excluding hydrogens is 300 g/mol. The zero-order valence-corrected chi connectivity index (χ0v) is 14.0. The summed E-state index contributed by atoms with van der Waals surface area (Å²) in [5.41, 5.74) is 2.97. The Bertz CT molecular complexity index is 681. The Balaban J connectivity index is 1.54. The first-order valence-electron chi connectivity index (χ1n) is 8.49. The third kappa shape index (κ3) is 4.83. The van der Waals surface area contributed by atoms with Crippen LogP contribution in [0.1, 0.15) is 24.0 Å². The molecule has 1 aliphatic carbocycles. The van der Waals surface area contributed by atoms with Gasteiger partial charge in [-0.3, -0.25) is 4.79 Å². The highest BCUT2D eigenvalue weighted by Gasteiger charge is 2.20. The molecule has 24 heavy (non-hydrogen) atoms. The van der Waals surface area contributed by atoms with Crippen molar-refractivity contribution in [1.82, 2.24) is 5.32 Å². The van der Waals surface area contributed by atoms with Crippen LogP contribution in [0.3, 0.4) is 0 Å². The number of carbonyl (C=O) groups is 1. The molecule has 0 heterocycles. The van der Waals surface area contributed by atoms with Crippen molar-refractivity contribution in [3.63, 3.8) is 0 Å². The summed E-state index contributed by atoms with van der Waals surface area (Å²) in [6.07, 6.45) is 2.58.